The zero-order chi connectivity index (χ0) is 11.1. The van der Waals surface area contributed by atoms with E-state index in [2.05, 4.69) is 6.58 Å². The van der Waals surface area contributed by atoms with E-state index in [0.717, 1.165) is 12.8 Å². The van der Waals surface area contributed by atoms with Gasteiger partial charge in [0.25, 0.3) is 0 Å². The number of allylic oxidation sites excluding steroid dienone is 1. The van der Waals surface area contributed by atoms with Crippen molar-refractivity contribution in [2.24, 2.45) is 0 Å². The summed E-state index contributed by atoms with van der Waals surface area (Å²) in [6.45, 7) is 4.00. The van der Waals surface area contributed by atoms with Gasteiger partial charge in [-0.1, -0.05) is 23.7 Å². The second-order valence-corrected chi connectivity index (χ2v) is 3.51. The summed E-state index contributed by atoms with van der Waals surface area (Å²) in [4.78, 5) is 11.5. The summed E-state index contributed by atoms with van der Waals surface area (Å²) in [7, 11) is 0. The Morgan fingerprint density at radius 1 is 1.53 bits per heavy atom. The van der Waals surface area contributed by atoms with Crippen LogP contribution in [0.2, 0.25) is 5.02 Å². The van der Waals surface area contributed by atoms with Crippen molar-refractivity contribution < 1.29 is 9.53 Å². The smallest absolute Gasteiger partial charge is 0.338 e. The van der Waals surface area contributed by atoms with Gasteiger partial charge in [0.1, 0.15) is 0 Å². The van der Waals surface area contributed by atoms with Crippen molar-refractivity contribution in [1.29, 1.82) is 0 Å². The van der Waals surface area contributed by atoms with Gasteiger partial charge in [0.2, 0.25) is 0 Å². The highest BCUT2D eigenvalue weighted by atomic mass is 35.5. The number of carbonyl (C=O) groups is 1. The maximum absolute atomic E-state index is 11.5. The second-order valence-electron chi connectivity index (χ2n) is 3.08. The van der Waals surface area contributed by atoms with Crippen LogP contribution in [0.15, 0.2) is 36.9 Å². The Morgan fingerprint density at radius 3 is 3.00 bits per heavy atom. The summed E-state index contributed by atoms with van der Waals surface area (Å²) < 4.78 is 5.04. The maximum Gasteiger partial charge on any atom is 0.338 e. The molecule has 0 saturated carbocycles. The van der Waals surface area contributed by atoms with E-state index in [0.29, 0.717) is 17.2 Å². The fraction of sp³-hybridized carbons (Fsp3) is 0.250. The van der Waals surface area contributed by atoms with E-state index < -0.39 is 0 Å². The predicted octanol–water partition coefficient (Wildman–Crippen LogP) is 3.46. The summed E-state index contributed by atoms with van der Waals surface area (Å²) in [6.07, 6.45) is 3.45. The van der Waals surface area contributed by atoms with Gasteiger partial charge < -0.3 is 4.74 Å². The van der Waals surface area contributed by atoms with Crippen LogP contribution in [0.25, 0.3) is 0 Å². The van der Waals surface area contributed by atoms with Crippen molar-refractivity contribution in [2.75, 3.05) is 6.61 Å². The first-order valence-corrected chi connectivity index (χ1v) is 5.15. The molecule has 0 radical (unpaired) electrons. The van der Waals surface area contributed by atoms with E-state index in [9.17, 15) is 4.79 Å². The first-order chi connectivity index (χ1) is 7.24. The molecule has 1 aromatic rings. The molecule has 0 heterocycles. The molecule has 0 N–H and O–H groups in total. The lowest BCUT2D eigenvalue weighted by Gasteiger charge is -2.03. The summed E-state index contributed by atoms with van der Waals surface area (Å²) in [5, 5.41) is 0.538. The molecule has 0 unspecified atom stereocenters. The third kappa shape index (κ3) is 4.17. The lowest BCUT2D eigenvalue weighted by atomic mass is 10.2. The third-order valence-corrected chi connectivity index (χ3v) is 2.08. The van der Waals surface area contributed by atoms with Gasteiger partial charge >= 0.3 is 5.97 Å². The van der Waals surface area contributed by atoms with Gasteiger partial charge in [0.05, 0.1) is 12.2 Å². The lowest BCUT2D eigenvalue weighted by Crippen LogP contribution is -2.06. The number of unbranched alkanes of at least 4 members (excludes halogenated alkanes) is 1. The Hall–Kier alpha value is -1.28. The van der Waals surface area contributed by atoms with E-state index in [-0.39, 0.29) is 5.97 Å². The Bertz CT molecular complexity index is 347. The minimum absolute atomic E-state index is 0.332. The van der Waals surface area contributed by atoms with E-state index in [4.69, 9.17) is 16.3 Å². The molecule has 0 spiro atoms. The molecule has 0 fully saturated rings. The number of hydrogen-bond donors (Lipinski definition) is 0. The predicted molar refractivity (Wildman–Crippen MR) is 61.2 cm³/mol. The molecule has 1 aromatic carbocycles. The van der Waals surface area contributed by atoms with Crippen LogP contribution in [-0.4, -0.2) is 12.6 Å². The molecular formula is C12H13ClO2. The van der Waals surface area contributed by atoms with E-state index in [1.807, 2.05) is 0 Å². The Labute approximate surface area is 94.5 Å². The van der Waals surface area contributed by atoms with Crippen molar-refractivity contribution >= 4 is 17.6 Å². The SMILES string of the molecule is C=CCCCOC(=O)c1cccc(Cl)c1. The fourth-order valence-corrected chi connectivity index (χ4v) is 1.28. The molecule has 0 amide bonds. The van der Waals surface area contributed by atoms with Gasteiger partial charge in [-0.15, -0.1) is 6.58 Å². The van der Waals surface area contributed by atoms with Crippen molar-refractivity contribution in [2.45, 2.75) is 12.8 Å². The van der Waals surface area contributed by atoms with Crippen molar-refractivity contribution in [3.63, 3.8) is 0 Å². The molecule has 3 heteroatoms. The number of hydrogen-bond acceptors (Lipinski definition) is 2. The standard InChI is InChI=1S/C12H13ClO2/c1-2-3-4-8-15-12(14)10-6-5-7-11(13)9-10/h2,5-7,9H,1,3-4,8H2. The van der Waals surface area contributed by atoms with E-state index in [1.165, 1.54) is 0 Å². The average molecular weight is 225 g/mol. The first-order valence-electron chi connectivity index (χ1n) is 4.77. The number of rotatable bonds is 5. The fourth-order valence-electron chi connectivity index (χ4n) is 1.09. The monoisotopic (exact) mass is 224 g/mol. The highest BCUT2D eigenvalue weighted by Gasteiger charge is 2.06. The molecule has 0 saturated heterocycles. The first kappa shape index (κ1) is 11.8. The molecule has 0 bridgehead atoms. The van der Waals surface area contributed by atoms with Gasteiger partial charge in [0, 0.05) is 5.02 Å². The second kappa shape index (κ2) is 6.25. The van der Waals surface area contributed by atoms with Gasteiger partial charge in [-0.25, -0.2) is 4.79 Å². The van der Waals surface area contributed by atoms with Crippen LogP contribution in [0.5, 0.6) is 0 Å². The molecule has 0 aliphatic heterocycles. The molecule has 0 atom stereocenters. The number of carbonyl (C=O) groups excluding carboxylic acids is 1. The summed E-state index contributed by atoms with van der Waals surface area (Å²) in [5.74, 6) is -0.332. The number of benzene rings is 1. The minimum atomic E-state index is -0.332. The van der Waals surface area contributed by atoms with Crippen LogP contribution in [0.4, 0.5) is 0 Å². The van der Waals surface area contributed by atoms with Crippen LogP contribution < -0.4 is 0 Å². The summed E-state index contributed by atoms with van der Waals surface area (Å²) >= 11 is 5.75. The van der Waals surface area contributed by atoms with Crippen LogP contribution in [0.3, 0.4) is 0 Å². The van der Waals surface area contributed by atoms with Crippen molar-refractivity contribution in [3.05, 3.63) is 47.5 Å². The normalized spacial score (nSPS) is 9.67. The molecule has 0 aliphatic carbocycles. The highest BCUT2D eigenvalue weighted by Crippen LogP contribution is 2.11. The highest BCUT2D eigenvalue weighted by molar-refractivity contribution is 6.30. The quantitative estimate of drug-likeness (QED) is 0.435. The van der Waals surface area contributed by atoms with E-state index >= 15 is 0 Å². The lowest BCUT2D eigenvalue weighted by molar-refractivity contribution is 0.0501. The van der Waals surface area contributed by atoms with Gasteiger partial charge in [-0.2, -0.15) is 0 Å². The minimum Gasteiger partial charge on any atom is -0.462 e. The molecule has 1 rings (SSSR count). The topological polar surface area (TPSA) is 26.3 Å². The molecule has 0 aliphatic rings. The number of ether oxygens (including phenoxy) is 1. The molecule has 15 heavy (non-hydrogen) atoms. The summed E-state index contributed by atoms with van der Waals surface area (Å²) in [6, 6.07) is 6.72. The molecule has 2 nitrogen and oxygen atoms in total. The Kier molecular flexibility index (Phi) is 4.91. The molecule has 80 valence electrons. The largest absolute Gasteiger partial charge is 0.462 e. The van der Waals surface area contributed by atoms with Crippen LogP contribution in [-0.2, 0) is 4.74 Å². The zero-order valence-electron chi connectivity index (χ0n) is 8.41. The molecule has 0 aromatic heterocycles. The van der Waals surface area contributed by atoms with Crippen LogP contribution in [0, 0.1) is 0 Å². The van der Waals surface area contributed by atoms with Gasteiger partial charge in [-0.05, 0) is 31.0 Å². The molecular weight excluding hydrogens is 212 g/mol. The van der Waals surface area contributed by atoms with E-state index in [1.54, 1.807) is 30.3 Å². The average Bonchev–Trinajstić information content (AvgIpc) is 2.24. The van der Waals surface area contributed by atoms with Crippen LogP contribution >= 0.6 is 11.6 Å². The van der Waals surface area contributed by atoms with Gasteiger partial charge in [-0.3, -0.25) is 0 Å². The number of esters is 1. The summed E-state index contributed by atoms with van der Waals surface area (Å²) in [5.41, 5.74) is 0.487. The zero-order valence-corrected chi connectivity index (χ0v) is 9.17. The van der Waals surface area contributed by atoms with Crippen molar-refractivity contribution in [1.82, 2.24) is 0 Å². The Morgan fingerprint density at radius 2 is 2.33 bits per heavy atom. The van der Waals surface area contributed by atoms with Gasteiger partial charge in [0.15, 0.2) is 0 Å². The number of halogens is 1. The maximum atomic E-state index is 11.5. The Balaban J connectivity index is 2.43. The van der Waals surface area contributed by atoms with Crippen LogP contribution in [0.1, 0.15) is 23.2 Å². The van der Waals surface area contributed by atoms with Crippen molar-refractivity contribution in [3.8, 4) is 0 Å². The third-order valence-electron chi connectivity index (χ3n) is 1.85.